The van der Waals surface area contributed by atoms with Gasteiger partial charge in [-0.05, 0) is 6.42 Å². The molecular weight excluding hydrogens is 146 g/mol. The second-order valence-electron chi connectivity index (χ2n) is 2.35. The smallest absolute Gasteiger partial charge is 0.0521 e. The van der Waals surface area contributed by atoms with Crippen LogP contribution in [0.25, 0.3) is 0 Å². The summed E-state index contributed by atoms with van der Waals surface area (Å²) in [6.45, 7) is 2.40. The third kappa shape index (κ3) is 6.39. The molecule has 0 rings (SSSR count). The third-order valence-electron chi connectivity index (χ3n) is 1.23. The maximum absolute atomic E-state index is 8.45. The SMILES string of the molecule is CCCC(N)CSCCO. The molecule has 0 aromatic carbocycles. The van der Waals surface area contributed by atoms with E-state index in [1.165, 1.54) is 0 Å². The van der Waals surface area contributed by atoms with Crippen molar-refractivity contribution in [3.05, 3.63) is 0 Å². The van der Waals surface area contributed by atoms with Crippen LogP contribution in [-0.4, -0.2) is 29.3 Å². The minimum absolute atomic E-state index is 0.267. The zero-order valence-electron chi connectivity index (χ0n) is 6.55. The summed E-state index contributed by atoms with van der Waals surface area (Å²) in [5.41, 5.74) is 5.72. The molecule has 0 aromatic rings. The number of thioether (sulfide) groups is 1. The highest BCUT2D eigenvalue weighted by molar-refractivity contribution is 7.99. The Kier molecular flexibility index (Phi) is 7.58. The predicted octanol–water partition coefficient (Wildman–Crippen LogP) is 0.839. The molecule has 0 aromatic heterocycles. The summed E-state index contributed by atoms with van der Waals surface area (Å²) in [5, 5.41) is 8.45. The summed E-state index contributed by atoms with van der Waals surface area (Å²) in [7, 11) is 0. The Morgan fingerprint density at radius 2 is 2.30 bits per heavy atom. The van der Waals surface area contributed by atoms with Gasteiger partial charge >= 0.3 is 0 Å². The lowest BCUT2D eigenvalue weighted by atomic mass is 10.2. The van der Waals surface area contributed by atoms with E-state index >= 15 is 0 Å². The van der Waals surface area contributed by atoms with Crippen molar-refractivity contribution in [3.8, 4) is 0 Å². The van der Waals surface area contributed by atoms with Gasteiger partial charge < -0.3 is 10.8 Å². The normalized spacial score (nSPS) is 13.5. The number of nitrogens with two attached hydrogens (primary N) is 1. The fourth-order valence-corrected chi connectivity index (χ4v) is 1.52. The number of rotatable bonds is 6. The van der Waals surface area contributed by atoms with E-state index in [4.69, 9.17) is 10.8 Å². The van der Waals surface area contributed by atoms with Crippen molar-refractivity contribution in [2.75, 3.05) is 18.1 Å². The highest BCUT2D eigenvalue weighted by atomic mass is 32.2. The summed E-state index contributed by atoms with van der Waals surface area (Å²) in [6, 6.07) is 0.321. The number of hydrogen-bond donors (Lipinski definition) is 2. The molecule has 1 unspecified atom stereocenters. The van der Waals surface area contributed by atoms with Crippen molar-refractivity contribution < 1.29 is 5.11 Å². The van der Waals surface area contributed by atoms with Gasteiger partial charge in [0, 0.05) is 17.5 Å². The highest BCUT2D eigenvalue weighted by Crippen LogP contribution is 2.04. The topological polar surface area (TPSA) is 46.2 Å². The van der Waals surface area contributed by atoms with Crippen LogP contribution in [0.3, 0.4) is 0 Å². The summed E-state index contributed by atoms with van der Waals surface area (Å²) in [5.74, 6) is 1.80. The summed E-state index contributed by atoms with van der Waals surface area (Å²) < 4.78 is 0. The van der Waals surface area contributed by atoms with Gasteiger partial charge in [0.1, 0.15) is 0 Å². The van der Waals surface area contributed by atoms with Crippen LogP contribution in [0.2, 0.25) is 0 Å². The molecule has 0 heterocycles. The molecule has 10 heavy (non-hydrogen) atoms. The Bertz CT molecular complexity index is 70.6. The first-order chi connectivity index (χ1) is 4.81. The van der Waals surface area contributed by atoms with Gasteiger partial charge in [-0.2, -0.15) is 11.8 Å². The monoisotopic (exact) mass is 163 g/mol. The molecule has 3 N–H and O–H groups in total. The van der Waals surface area contributed by atoms with Gasteiger partial charge in [0.15, 0.2) is 0 Å². The van der Waals surface area contributed by atoms with E-state index in [0.717, 1.165) is 24.3 Å². The van der Waals surface area contributed by atoms with E-state index in [9.17, 15) is 0 Å². The quantitative estimate of drug-likeness (QED) is 0.570. The molecule has 1 atom stereocenters. The predicted molar refractivity (Wildman–Crippen MR) is 47.3 cm³/mol. The van der Waals surface area contributed by atoms with Crippen LogP contribution in [0.1, 0.15) is 19.8 Å². The molecule has 0 amide bonds. The molecule has 0 aliphatic rings. The van der Waals surface area contributed by atoms with Gasteiger partial charge in [0.2, 0.25) is 0 Å². The molecule has 0 bridgehead atoms. The average Bonchev–Trinajstić information content (AvgIpc) is 1.89. The van der Waals surface area contributed by atoms with Crippen LogP contribution < -0.4 is 5.73 Å². The second kappa shape index (κ2) is 7.38. The van der Waals surface area contributed by atoms with Gasteiger partial charge in [-0.1, -0.05) is 13.3 Å². The highest BCUT2D eigenvalue weighted by Gasteiger charge is 1.99. The molecule has 0 saturated heterocycles. The van der Waals surface area contributed by atoms with Crippen LogP contribution >= 0.6 is 11.8 Å². The molecule has 0 spiro atoms. The standard InChI is InChI=1S/C7H17NOS/c1-2-3-7(8)6-10-5-4-9/h7,9H,2-6,8H2,1H3. The molecule has 3 heteroatoms. The van der Waals surface area contributed by atoms with Crippen LogP contribution in [0, 0.1) is 0 Å². The summed E-state index contributed by atoms with van der Waals surface area (Å²) >= 11 is 1.73. The number of hydrogen-bond acceptors (Lipinski definition) is 3. The number of aliphatic hydroxyl groups excluding tert-OH is 1. The maximum Gasteiger partial charge on any atom is 0.0521 e. The molecule has 0 aliphatic heterocycles. The van der Waals surface area contributed by atoms with Crippen molar-refractivity contribution in [2.45, 2.75) is 25.8 Å². The third-order valence-corrected chi connectivity index (χ3v) is 2.36. The van der Waals surface area contributed by atoms with Gasteiger partial charge in [0.25, 0.3) is 0 Å². The Balaban J connectivity index is 2.97. The van der Waals surface area contributed by atoms with Crippen LogP contribution in [0.4, 0.5) is 0 Å². The van der Waals surface area contributed by atoms with E-state index in [1.54, 1.807) is 11.8 Å². The van der Waals surface area contributed by atoms with E-state index in [1.807, 2.05) is 0 Å². The minimum atomic E-state index is 0.267. The Labute approximate surface area is 67.2 Å². The minimum Gasteiger partial charge on any atom is -0.396 e. The fourth-order valence-electron chi connectivity index (χ4n) is 0.753. The van der Waals surface area contributed by atoms with Crippen LogP contribution in [-0.2, 0) is 0 Å². The van der Waals surface area contributed by atoms with Gasteiger partial charge in [0.05, 0.1) is 6.61 Å². The molecule has 2 nitrogen and oxygen atoms in total. The fraction of sp³-hybridized carbons (Fsp3) is 1.00. The average molecular weight is 163 g/mol. The second-order valence-corrected chi connectivity index (χ2v) is 3.50. The van der Waals surface area contributed by atoms with Crippen molar-refractivity contribution in [3.63, 3.8) is 0 Å². The molecule has 0 saturated carbocycles. The van der Waals surface area contributed by atoms with E-state index in [0.29, 0.717) is 6.04 Å². The lowest BCUT2D eigenvalue weighted by Crippen LogP contribution is -2.22. The molecule has 0 aliphatic carbocycles. The van der Waals surface area contributed by atoms with Crippen molar-refractivity contribution in [2.24, 2.45) is 5.73 Å². The van der Waals surface area contributed by atoms with Gasteiger partial charge in [-0.15, -0.1) is 0 Å². The first-order valence-electron chi connectivity index (χ1n) is 3.75. The Morgan fingerprint density at radius 1 is 1.60 bits per heavy atom. The van der Waals surface area contributed by atoms with Crippen LogP contribution in [0.15, 0.2) is 0 Å². The Hall–Kier alpha value is 0.270. The van der Waals surface area contributed by atoms with Crippen molar-refractivity contribution in [1.29, 1.82) is 0 Å². The van der Waals surface area contributed by atoms with E-state index in [2.05, 4.69) is 6.92 Å². The molecule has 62 valence electrons. The maximum atomic E-state index is 8.45. The Morgan fingerprint density at radius 3 is 2.80 bits per heavy atom. The zero-order chi connectivity index (χ0) is 7.82. The van der Waals surface area contributed by atoms with E-state index < -0.39 is 0 Å². The first kappa shape index (κ1) is 10.3. The molecule has 0 fully saturated rings. The summed E-state index contributed by atoms with van der Waals surface area (Å²) in [6.07, 6.45) is 2.25. The lowest BCUT2D eigenvalue weighted by Gasteiger charge is -2.07. The van der Waals surface area contributed by atoms with Crippen molar-refractivity contribution >= 4 is 11.8 Å². The summed E-state index contributed by atoms with van der Waals surface area (Å²) in [4.78, 5) is 0. The van der Waals surface area contributed by atoms with Gasteiger partial charge in [-0.25, -0.2) is 0 Å². The zero-order valence-corrected chi connectivity index (χ0v) is 7.36. The lowest BCUT2D eigenvalue weighted by molar-refractivity contribution is 0.322. The van der Waals surface area contributed by atoms with Gasteiger partial charge in [-0.3, -0.25) is 0 Å². The molecular formula is C7H17NOS. The number of aliphatic hydroxyl groups is 1. The van der Waals surface area contributed by atoms with Crippen molar-refractivity contribution in [1.82, 2.24) is 0 Å². The van der Waals surface area contributed by atoms with Crippen LogP contribution in [0.5, 0.6) is 0 Å². The largest absolute Gasteiger partial charge is 0.396 e. The molecule has 0 radical (unpaired) electrons. The first-order valence-corrected chi connectivity index (χ1v) is 4.91. The van der Waals surface area contributed by atoms with E-state index in [-0.39, 0.29) is 6.61 Å².